The predicted octanol–water partition coefficient (Wildman–Crippen LogP) is 5.87. The molecule has 0 unspecified atom stereocenters. The number of Topliss-reactive ketones (excluding diaryl/α,β-unsaturated/α-hetero) is 3. The minimum Gasteiger partial charge on any atom is -0.497 e. The zero-order valence-corrected chi connectivity index (χ0v) is 21.1. The molecule has 1 N–H and O–H groups in total. The Balaban J connectivity index is 1.55. The van der Waals surface area contributed by atoms with Gasteiger partial charge in [0.15, 0.2) is 23.0 Å². The Hall–Kier alpha value is -4.42. The summed E-state index contributed by atoms with van der Waals surface area (Å²) in [6.07, 6.45) is -0.0574. The number of methoxy groups -OCH3 is 1. The minimum atomic E-state index is -1.96. The summed E-state index contributed by atoms with van der Waals surface area (Å²) in [5, 5.41) is 12.3. The average molecular weight is 521 g/mol. The van der Waals surface area contributed by atoms with Gasteiger partial charge in [-0.2, -0.15) is 0 Å². The van der Waals surface area contributed by atoms with Crippen LogP contribution in [0, 0.1) is 11.7 Å². The monoisotopic (exact) mass is 520 g/mol. The van der Waals surface area contributed by atoms with Crippen LogP contribution in [-0.2, 0) is 5.60 Å². The Morgan fingerprint density at radius 1 is 0.846 bits per heavy atom. The van der Waals surface area contributed by atoms with Crippen molar-refractivity contribution in [3.05, 3.63) is 136 Å². The van der Waals surface area contributed by atoms with Gasteiger partial charge in [-0.15, -0.1) is 0 Å². The summed E-state index contributed by atoms with van der Waals surface area (Å²) in [5.74, 6) is -3.31. The molecular formula is C33H25FO5. The van der Waals surface area contributed by atoms with Gasteiger partial charge in [0.05, 0.1) is 7.11 Å². The molecule has 6 rings (SSSR count). The molecule has 6 heteroatoms. The van der Waals surface area contributed by atoms with Crippen LogP contribution >= 0.6 is 0 Å². The summed E-state index contributed by atoms with van der Waals surface area (Å²) >= 11 is 0. The second-order valence-electron chi connectivity index (χ2n) is 10.1. The van der Waals surface area contributed by atoms with Crippen molar-refractivity contribution in [1.82, 2.24) is 0 Å². The second kappa shape index (κ2) is 9.40. The van der Waals surface area contributed by atoms with Gasteiger partial charge < -0.3 is 9.84 Å². The van der Waals surface area contributed by atoms with E-state index in [1.54, 1.807) is 72.8 Å². The molecule has 194 valence electrons. The molecular weight excluding hydrogens is 495 g/mol. The minimum absolute atomic E-state index is 0.0574. The van der Waals surface area contributed by atoms with E-state index >= 15 is 0 Å². The third-order valence-electron chi connectivity index (χ3n) is 8.15. The SMILES string of the molecule is COc1ccc(C(=O)[C@H]2[C@H](CC(=O)c3ccc(F)cc3)c3ccccc3[C@]3(O)C(=O)c4ccccc4[C@H]23)cc1. The number of halogens is 1. The molecule has 2 aliphatic rings. The highest BCUT2D eigenvalue weighted by atomic mass is 19.1. The third-order valence-corrected chi connectivity index (χ3v) is 8.15. The first kappa shape index (κ1) is 24.9. The third kappa shape index (κ3) is 3.82. The molecule has 0 fully saturated rings. The van der Waals surface area contributed by atoms with E-state index in [4.69, 9.17) is 4.74 Å². The topological polar surface area (TPSA) is 80.7 Å². The maximum Gasteiger partial charge on any atom is 0.199 e. The second-order valence-corrected chi connectivity index (χ2v) is 10.1. The lowest BCUT2D eigenvalue weighted by Gasteiger charge is -2.45. The van der Waals surface area contributed by atoms with Crippen LogP contribution in [0.2, 0.25) is 0 Å². The van der Waals surface area contributed by atoms with Gasteiger partial charge in [0.2, 0.25) is 0 Å². The lowest BCUT2D eigenvalue weighted by molar-refractivity contribution is -0.00160. The molecule has 4 aromatic carbocycles. The molecule has 0 spiro atoms. The molecule has 0 aliphatic heterocycles. The molecule has 0 bridgehead atoms. The fourth-order valence-electron chi connectivity index (χ4n) is 6.36. The van der Waals surface area contributed by atoms with Gasteiger partial charge in [-0.1, -0.05) is 48.5 Å². The fourth-order valence-corrected chi connectivity index (χ4v) is 6.36. The number of hydrogen-bond acceptors (Lipinski definition) is 5. The Kier molecular flexibility index (Phi) is 6.00. The van der Waals surface area contributed by atoms with Crippen LogP contribution in [0.4, 0.5) is 4.39 Å². The van der Waals surface area contributed by atoms with Crippen LogP contribution in [-0.4, -0.2) is 29.6 Å². The van der Waals surface area contributed by atoms with Crippen LogP contribution in [0.5, 0.6) is 5.75 Å². The Bertz CT molecular complexity index is 1610. The van der Waals surface area contributed by atoms with Gasteiger partial charge in [-0.05, 0) is 65.2 Å². The molecule has 0 amide bonds. The molecule has 5 nitrogen and oxygen atoms in total. The summed E-state index contributed by atoms with van der Waals surface area (Å²) in [6, 6.07) is 26.0. The van der Waals surface area contributed by atoms with Gasteiger partial charge >= 0.3 is 0 Å². The molecule has 0 aromatic heterocycles. The molecule has 0 saturated heterocycles. The highest BCUT2D eigenvalue weighted by Crippen LogP contribution is 2.60. The standard InChI is InChI=1S/C33H25FO5/c1-39-22-16-12-20(13-17-22)31(36)29-26(18-28(35)19-10-14-21(34)15-11-19)23-6-4-5-9-27(23)33(38)30(29)24-7-2-3-8-25(24)32(33)37/h2-17,26,29-30,38H,18H2,1H3/t26-,29+,30-,33-/m1/s1. The maximum absolute atomic E-state index is 14.4. The number of fused-ring (bicyclic) bond motifs is 5. The zero-order valence-electron chi connectivity index (χ0n) is 21.1. The van der Waals surface area contributed by atoms with E-state index in [2.05, 4.69) is 0 Å². The van der Waals surface area contributed by atoms with Crippen molar-refractivity contribution in [2.45, 2.75) is 23.9 Å². The lowest BCUT2D eigenvalue weighted by atomic mass is 9.58. The van der Waals surface area contributed by atoms with Crippen molar-refractivity contribution in [3.8, 4) is 5.75 Å². The Morgan fingerprint density at radius 3 is 2.15 bits per heavy atom. The number of ketones is 3. The molecule has 4 aromatic rings. The van der Waals surface area contributed by atoms with Crippen molar-refractivity contribution in [2.24, 2.45) is 5.92 Å². The number of ether oxygens (including phenoxy) is 1. The highest BCUT2D eigenvalue weighted by Gasteiger charge is 2.62. The largest absolute Gasteiger partial charge is 0.497 e. The molecule has 0 radical (unpaired) electrons. The van der Waals surface area contributed by atoms with Crippen molar-refractivity contribution in [1.29, 1.82) is 0 Å². The van der Waals surface area contributed by atoms with E-state index in [0.717, 1.165) is 0 Å². The summed E-state index contributed by atoms with van der Waals surface area (Å²) in [4.78, 5) is 41.7. The van der Waals surface area contributed by atoms with E-state index in [1.807, 2.05) is 0 Å². The van der Waals surface area contributed by atoms with Gasteiger partial charge in [0.25, 0.3) is 0 Å². The maximum atomic E-state index is 14.4. The molecule has 0 saturated carbocycles. The number of hydrogen-bond donors (Lipinski definition) is 1. The summed E-state index contributed by atoms with van der Waals surface area (Å²) in [7, 11) is 1.53. The van der Waals surface area contributed by atoms with Crippen molar-refractivity contribution < 1.29 is 28.6 Å². The van der Waals surface area contributed by atoms with Crippen LogP contribution in [0.1, 0.15) is 66.0 Å². The molecule has 39 heavy (non-hydrogen) atoms. The van der Waals surface area contributed by atoms with Crippen molar-refractivity contribution in [3.63, 3.8) is 0 Å². The first-order valence-corrected chi connectivity index (χ1v) is 12.8. The van der Waals surface area contributed by atoms with Gasteiger partial charge in [-0.3, -0.25) is 14.4 Å². The smallest absolute Gasteiger partial charge is 0.199 e. The number of aliphatic hydroxyl groups is 1. The molecule has 4 atom stereocenters. The van der Waals surface area contributed by atoms with Crippen LogP contribution in [0.15, 0.2) is 97.1 Å². The van der Waals surface area contributed by atoms with Gasteiger partial charge in [-0.25, -0.2) is 4.39 Å². The lowest BCUT2D eigenvalue weighted by Crippen LogP contribution is -2.48. The van der Waals surface area contributed by atoms with Crippen molar-refractivity contribution in [2.75, 3.05) is 7.11 Å². The van der Waals surface area contributed by atoms with E-state index < -0.39 is 35.0 Å². The zero-order chi connectivity index (χ0) is 27.3. The first-order chi connectivity index (χ1) is 18.8. The summed E-state index contributed by atoms with van der Waals surface area (Å²) in [6.45, 7) is 0. The van der Waals surface area contributed by atoms with Crippen molar-refractivity contribution >= 4 is 17.3 Å². The van der Waals surface area contributed by atoms with Gasteiger partial charge in [0.1, 0.15) is 11.6 Å². The molecule has 2 aliphatic carbocycles. The normalized spacial score (nSPS) is 22.9. The Labute approximate surface area is 224 Å². The van der Waals surface area contributed by atoms with E-state index in [1.165, 1.54) is 31.4 Å². The summed E-state index contributed by atoms with van der Waals surface area (Å²) < 4.78 is 18.8. The van der Waals surface area contributed by atoms with Gasteiger partial charge in [0, 0.05) is 40.9 Å². The average Bonchev–Trinajstić information content (AvgIpc) is 3.20. The quantitative estimate of drug-likeness (QED) is 0.322. The van der Waals surface area contributed by atoms with E-state index in [-0.39, 0.29) is 18.0 Å². The Morgan fingerprint density at radius 2 is 1.46 bits per heavy atom. The van der Waals surface area contributed by atoms with Crippen LogP contribution in [0.25, 0.3) is 0 Å². The molecule has 0 heterocycles. The number of carbonyl (C=O) groups is 3. The predicted molar refractivity (Wildman–Crippen MR) is 143 cm³/mol. The highest BCUT2D eigenvalue weighted by molar-refractivity contribution is 6.11. The van der Waals surface area contributed by atoms with Crippen LogP contribution in [0.3, 0.4) is 0 Å². The van der Waals surface area contributed by atoms with E-state index in [0.29, 0.717) is 39.1 Å². The fraction of sp³-hybridized carbons (Fsp3) is 0.182. The van der Waals surface area contributed by atoms with E-state index in [9.17, 15) is 23.9 Å². The number of benzene rings is 4. The summed E-state index contributed by atoms with van der Waals surface area (Å²) in [5.41, 5.74) is 0.713. The number of carbonyl (C=O) groups excluding carboxylic acids is 3. The first-order valence-electron chi connectivity index (χ1n) is 12.8. The number of rotatable bonds is 6. The van der Waals surface area contributed by atoms with Crippen LogP contribution < -0.4 is 4.74 Å².